The van der Waals surface area contributed by atoms with Crippen LogP contribution in [0.1, 0.15) is 33.6 Å². The van der Waals surface area contributed by atoms with Gasteiger partial charge in [0, 0.05) is 5.69 Å². The van der Waals surface area contributed by atoms with Crippen molar-refractivity contribution in [2.75, 3.05) is 17.2 Å². The molecule has 5 rings (SSSR count). The number of hydrogen-bond acceptors (Lipinski definition) is 5. The van der Waals surface area contributed by atoms with E-state index in [9.17, 15) is 19.5 Å². The maximum Gasteiger partial charge on any atom is 0.250 e. The lowest BCUT2D eigenvalue weighted by Crippen LogP contribution is -2.57. The number of likely N-dealkylation sites (tertiary alicyclic amines) is 1. The van der Waals surface area contributed by atoms with Crippen molar-refractivity contribution in [2.45, 2.75) is 56.9 Å². The van der Waals surface area contributed by atoms with E-state index in [1.165, 1.54) is 4.90 Å². The van der Waals surface area contributed by atoms with Gasteiger partial charge >= 0.3 is 0 Å². The van der Waals surface area contributed by atoms with Gasteiger partial charge in [0.1, 0.15) is 11.6 Å². The van der Waals surface area contributed by atoms with Gasteiger partial charge in [-0.3, -0.25) is 14.4 Å². The third-order valence-corrected chi connectivity index (χ3v) is 8.56. The molecule has 2 aromatic rings. The number of benzene rings is 2. The molecule has 3 aliphatic heterocycles. The average molecular weight is 526 g/mol. The second kappa shape index (κ2) is 9.42. The van der Waals surface area contributed by atoms with Gasteiger partial charge in [-0.25, -0.2) is 0 Å². The summed E-state index contributed by atoms with van der Waals surface area (Å²) < 4.78 is 6.62. The van der Waals surface area contributed by atoms with Crippen molar-refractivity contribution in [1.29, 1.82) is 0 Å². The van der Waals surface area contributed by atoms with Gasteiger partial charge in [0.15, 0.2) is 0 Å². The minimum atomic E-state index is -1.20. The zero-order valence-electron chi connectivity index (χ0n) is 21.1. The molecule has 0 radical (unpaired) electrons. The third-order valence-electron chi connectivity index (χ3n) is 8.23. The van der Waals surface area contributed by atoms with Crippen LogP contribution in [-0.2, 0) is 19.1 Å². The molecule has 6 atom stereocenters. The second-order valence-electron chi connectivity index (χ2n) is 10.8. The molecule has 0 aliphatic carbocycles. The number of halogens is 1. The van der Waals surface area contributed by atoms with Crippen molar-refractivity contribution in [2.24, 2.45) is 17.8 Å². The van der Waals surface area contributed by atoms with Crippen LogP contribution in [0.5, 0.6) is 0 Å². The molecule has 3 N–H and O–H groups in total. The van der Waals surface area contributed by atoms with E-state index in [-0.39, 0.29) is 24.3 Å². The Hall–Kier alpha value is -2.94. The summed E-state index contributed by atoms with van der Waals surface area (Å²) in [5, 5.41) is 16.5. The number of nitrogens with one attached hydrogen (secondary N) is 2. The first kappa shape index (κ1) is 25.7. The number of rotatable bonds is 7. The molecule has 2 unspecified atom stereocenters. The average Bonchev–Trinajstić information content (AvgIpc) is 3.42. The van der Waals surface area contributed by atoms with Crippen LogP contribution in [0.15, 0.2) is 54.6 Å². The fourth-order valence-corrected chi connectivity index (χ4v) is 6.73. The number of anilines is 2. The van der Waals surface area contributed by atoms with E-state index < -0.39 is 41.0 Å². The molecular formula is C28H32ClN3O5. The molecule has 0 saturated carbocycles. The molecule has 8 nitrogen and oxygen atoms in total. The Kier molecular flexibility index (Phi) is 6.54. The molecule has 196 valence electrons. The number of para-hydroxylation sites is 2. The number of fused-ring (bicyclic) bond motifs is 1. The van der Waals surface area contributed by atoms with Gasteiger partial charge in [-0.2, -0.15) is 0 Å². The zero-order valence-corrected chi connectivity index (χ0v) is 21.9. The molecule has 3 heterocycles. The van der Waals surface area contributed by atoms with Gasteiger partial charge in [0.2, 0.25) is 17.7 Å². The normalized spacial score (nSPS) is 30.9. The van der Waals surface area contributed by atoms with Crippen molar-refractivity contribution in [3.8, 4) is 0 Å². The summed E-state index contributed by atoms with van der Waals surface area (Å²) in [6.07, 6.45) is 0.973. The lowest BCUT2D eigenvalue weighted by Gasteiger charge is -2.38. The largest absolute Gasteiger partial charge is 0.394 e. The van der Waals surface area contributed by atoms with Gasteiger partial charge in [0.05, 0.1) is 40.8 Å². The summed E-state index contributed by atoms with van der Waals surface area (Å²) >= 11 is 6.31. The molecule has 3 amide bonds. The minimum Gasteiger partial charge on any atom is -0.394 e. The second-order valence-corrected chi connectivity index (χ2v) is 11.2. The highest BCUT2D eigenvalue weighted by Crippen LogP contribution is 2.63. The summed E-state index contributed by atoms with van der Waals surface area (Å²) in [7, 11) is 0. The van der Waals surface area contributed by atoms with E-state index in [2.05, 4.69) is 10.6 Å². The molecule has 1 spiro atoms. The van der Waals surface area contributed by atoms with E-state index >= 15 is 0 Å². The van der Waals surface area contributed by atoms with E-state index in [1.807, 2.05) is 39.0 Å². The van der Waals surface area contributed by atoms with Crippen LogP contribution < -0.4 is 10.6 Å². The van der Waals surface area contributed by atoms with Crippen LogP contribution in [0.4, 0.5) is 11.4 Å². The van der Waals surface area contributed by atoms with Gasteiger partial charge < -0.3 is 25.4 Å². The Labute approximate surface area is 221 Å². The molecule has 0 aromatic heterocycles. The fourth-order valence-electron chi connectivity index (χ4n) is 6.55. The Morgan fingerprint density at radius 3 is 2.41 bits per heavy atom. The first-order valence-electron chi connectivity index (χ1n) is 12.7. The summed E-state index contributed by atoms with van der Waals surface area (Å²) in [5.41, 5.74) is -1.05. The molecule has 37 heavy (non-hydrogen) atoms. The lowest BCUT2D eigenvalue weighted by molar-refractivity contribution is -0.148. The Balaban J connectivity index is 1.56. The van der Waals surface area contributed by atoms with Crippen molar-refractivity contribution in [1.82, 2.24) is 4.90 Å². The Bertz CT molecular complexity index is 1220. The SMILES string of the molecule is CC(C)[C@H](CO)N1C(=O)[C@@H]2[C@H](C(=O)Nc3ccccc3)[C@]3(C)CCC2(O3)C1C(=O)Nc1ccccc1Cl. The highest BCUT2D eigenvalue weighted by molar-refractivity contribution is 6.33. The molecule has 3 saturated heterocycles. The monoisotopic (exact) mass is 525 g/mol. The fraction of sp³-hybridized carbons (Fsp3) is 0.464. The number of aliphatic hydroxyl groups excluding tert-OH is 1. The number of hydrogen-bond donors (Lipinski definition) is 3. The lowest BCUT2D eigenvalue weighted by atomic mass is 9.66. The zero-order chi connectivity index (χ0) is 26.5. The Morgan fingerprint density at radius 2 is 1.76 bits per heavy atom. The Morgan fingerprint density at radius 1 is 1.08 bits per heavy atom. The van der Waals surface area contributed by atoms with Crippen molar-refractivity contribution in [3.63, 3.8) is 0 Å². The smallest absolute Gasteiger partial charge is 0.250 e. The van der Waals surface area contributed by atoms with E-state index in [0.29, 0.717) is 29.2 Å². The van der Waals surface area contributed by atoms with E-state index in [0.717, 1.165) is 0 Å². The van der Waals surface area contributed by atoms with Crippen LogP contribution >= 0.6 is 11.6 Å². The first-order chi connectivity index (χ1) is 17.6. The number of aliphatic hydroxyl groups is 1. The summed E-state index contributed by atoms with van der Waals surface area (Å²) in [5.74, 6) is -2.89. The molecule has 2 aromatic carbocycles. The minimum absolute atomic E-state index is 0.135. The first-order valence-corrected chi connectivity index (χ1v) is 13.1. The predicted molar refractivity (Wildman–Crippen MR) is 140 cm³/mol. The summed E-state index contributed by atoms with van der Waals surface area (Å²) in [6, 6.07) is 14.3. The summed E-state index contributed by atoms with van der Waals surface area (Å²) in [6.45, 7) is 5.31. The molecule has 2 bridgehead atoms. The van der Waals surface area contributed by atoms with Crippen LogP contribution in [0.3, 0.4) is 0 Å². The number of amides is 3. The van der Waals surface area contributed by atoms with Gasteiger partial charge in [0.25, 0.3) is 0 Å². The highest BCUT2D eigenvalue weighted by Gasteiger charge is 2.78. The topological polar surface area (TPSA) is 108 Å². The standard InChI is InChI=1S/C28H32ClN3O5/c1-16(2)20(15-33)32-23(25(35)31-19-12-8-7-11-18(19)29)28-14-13-27(3,37-28)21(22(28)26(32)36)24(34)30-17-9-5-4-6-10-17/h4-12,16,20-23,33H,13-15H2,1-3H3,(H,30,34)(H,31,35)/t20-,21+,22-,23?,27-,28?/m0/s1. The third kappa shape index (κ3) is 4.02. The van der Waals surface area contributed by atoms with Crippen molar-refractivity contribution < 1.29 is 24.2 Å². The van der Waals surface area contributed by atoms with Gasteiger partial charge in [-0.1, -0.05) is 55.8 Å². The number of carbonyl (C=O) groups excluding carboxylic acids is 3. The highest BCUT2D eigenvalue weighted by atomic mass is 35.5. The van der Waals surface area contributed by atoms with Gasteiger partial charge in [-0.05, 0) is 49.9 Å². The van der Waals surface area contributed by atoms with Crippen LogP contribution in [0.25, 0.3) is 0 Å². The van der Waals surface area contributed by atoms with Crippen LogP contribution in [0.2, 0.25) is 5.02 Å². The van der Waals surface area contributed by atoms with Crippen LogP contribution in [0, 0.1) is 17.8 Å². The maximum absolute atomic E-state index is 14.2. The van der Waals surface area contributed by atoms with Crippen molar-refractivity contribution >= 4 is 40.7 Å². The molecule has 3 aliphatic rings. The molecular weight excluding hydrogens is 494 g/mol. The summed E-state index contributed by atoms with van der Waals surface area (Å²) in [4.78, 5) is 43.2. The number of carbonyl (C=O) groups is 3. The number of ether oxygens (including phenoxy) is 1. The van der Waals surface area contributed by atoms with E-state index in [1.54, 1.807) is 36.4 Å². The number of nitrogens with zero attached hydrogens (tertiary/aromatic N) is 1. The quantitative estimate of drug-likeness (QED) is 0.511. The predicted octanol–water partition coefficient (Wildman–Crippen LogP) is 3.70. The van der Waals surface area contributed by atoms with Gasteiger partial charge in [-0.15, -0.1) is 0 Å². The molecule has 3 fully saturated rings. The maximum atomic E-state index is 14.2. The van der Waals surface area contributed by atoms with Crippen LogP contribution in [-0.4, -0.2) is 57.6 Å². The van der Waals surface area contributed by atoms with Crippen molar-refractivity contribution in [3.05, 3.63) is 59.6 Å². The molecule has 9 heteroatoms. The van der Waals surface area contributed by atoms with E-state index in [4.69, 9.17) is 16.3 Å².